The molecule has 24 heavy (non-hydrogen) atoms. The van der Waals surface area contributed by atoms with Gasteiger partial charge in [-0.15, -0.1) is 0 Å². The third kappa shape index (κ3) is 4.77. The fourth-order valence-corrected chi connectivity index (χ4v) is 2.68. The van der Waals surface area contributed by atoms with Crippen LogP contribution in [0.25, 0.3) is 0 Å². The van der Waals surface area contributed by atoms with Gasteiger partial charge in [0.25, 0.3) is 0 Å². The molecule has 0 spiro atoms. The average molecular weight is 356 g/mol. The van der Waals surface area contributed by atoms with Crippen molar-refractivity contribution in [2.45, 2.75) is 44.9 Å². The lowest BCUT2D eigenvalue weighted by Gasteiger charge is -2.27. The first-order chi connectivity index (χ1) is 11.2. The standard InChI is InChI=1S/C17H22ClNO5/c1-17(2,3)24-16(21)19-10-13(9-14(19)15(20)22-4)23-12-7-5-6-11(18)8-12/h5-8,13-14H,9-10H2,1-4H3/t13-,14-/m0/s1. The van der Waals surface area contributed by atoms with Gasteiger partial charge in [0, 0.05) is 11.4 Å². The molecule has 6 nitrogen and oxygen atoms in total. The largest absolute Gasteiger partial charge is 0.488 e. The summed E-state index contributed by atoms with van der Waals surface area (Å²) in [6, 6.07) is 6.25. The number of rotatable bonds is 3. The van der Waals surface area contributed by atoms with E-state index in [1.54, 1.807) is 45.0 Å². The van der Waals surface area contributed by atoms with E-state index in [0.717, 1.165) is 0 Å². The number of halogens is 1. The van der Waals surface area contributed by atoms with E-state index in [2.05, 4.69) is 0 Å². The molecule has 1 saturated heterocycles. The summed E-state index contributed by atoms with van der Waals surface area (Å²) in [7, 11) is 1.29. The lowest BCUT2D eigenvalue weighted by molar-refractivity contribution is -0.145. The van der Waals surface area contributed by atoms with Crippen LogP contribution in [0.15, 0.2) is 24.3 Å². The molecule has 1 aliphatic rings. The third-order valence-corrected chi connectivity index (χ3v) is 3.70. The van der Waals surface area contributed by atoms with Gasteiger partial charge in [-0.2, -0.15) is 0 Å². The van der Waals surface area contributed by atoms with Crippen LogP contribution in [-0.2, 0) is 14.3 Å². The minimum absolute atomic E-state index is 0.237. The molecule has 132 valence electrons. The van der Waals surface area contributed by atoms with Crippen molar-refractivity contribution in [3.63, 3.8) is 0 Å². The number of ether oxygens (including phenoxy) is 3. The predicted octanol–water partition coefficient (Wildman–Crippen LogP) is 3.27. The van der Waals surface area contributed by atoms with Crippen molar-refractivity contribution < 1.29 is 23.8 Å². The molecule has 0 saturated carbocycles. The first-order valence-corrected chi connectivity index (χ1v) is 8.07. The Morgan fingerprint density at radius 2 is 2.00 bits per heavy atom. The predicted molar refractivity (Wildman–Crippen MR) is 89.2 cm³/mol. The van der Waals surface area contributed by atoms with Gasteiger partial charge in [0.15, 0.2) is 0 Å². The lowest BCUT2D eigenvalue weighted by atomic mass is 10.2. The van der Waals surface area contributed by atoms with Crippen LogP contribution in [0.3, 0.4) is 0 Å². The van der Waals surface area contributed by atoms with E-state index in [9.17, 15) is 9.59 Å². The molecule has 0 unspecified atom stereocenters. The SMILES string of the molecule is COC(=O)[C@@H]1C[C@H](Oc2cccc(Cl)c2)CN1C(=O)OC(C)(C)C. The first-order valence-electron chi connectivity index (χ1n) is 7.69. The average Bonchev–Trinajstić information content (AvgIpc) is 2.88. The van der Waals surface area contributed by atoms with Crippen LogP contribution in [0.4, 0.5) is 4.79 Å². The van der Waals surface area contributed by atoms with Gasteiger partial charge in [0.1, 0.15) is 23.5 Å². The molecule has 7 heteroatoms. The summed E-state index contributed by atoms with van der Waals surface area (Å²) in [4.78, 5) is 25.7. The molecule has 1 fully saturated rings. The van der Waals surface area contributed by atoms with E-state index in [0.29, 0.717) is 17.2 Å². The van der Waals surface area contributed by atoms with E-state index in [1.165, 1.54) is 12.0 Å². The number of carbonyl (C=O) groups excluding carboxylic acids is 2. The quantitative estimate of drug-likeness (QED) is 0.778. The molecule has 2 atom stereocenters. The van der Waals surface area contributed by atoms with Gasteiger partial charge >= 0.3 is 12.1 Å². The van der Waals surface area contributed by atoms with Gasteiger partial charge in [0.2, 0.25) is 0 Å². The highest BCUT2D eigenvalue weighted by Crippen LogP contribution is 2.27. The van der Waals surface area contributed by atoms with Crippen molar-refractivity contribution in [3.8, 4) is 5.75 Å². The fourth-order valence-electron chi connectivity index (χ4n) is 2.50. The summed E-state index contributed by atoms with van der Waals surface area (Å²) in [6.45, 7) is 5.55. The number of esters is 1. The second-order valence-corrected chi connectivity index (χ2v) is 7.04. The second kappa shape index (κ2) is 7.30. The van der Waals surface area contributed by atoms with Crippen molar-refractivity contribution in [1.82, 2.24) is 4.90 Å². The van der Waals surface area contributed by atoms with Gasteiger partial charge in [-0.25, -0.2) is 9.59 Å². The van der Waals surface area contributed by atoms with E-state index in [-0.39, 0.29) is 12.6 Å². The van der Waals surface area contributed by atoms with Crippen LogP contribution in [0, 0.1) is 0 Å². The number of hydrogen-bond donors (Lipinski definition) is 0. The number of hydrogen-bond acceptors (Lipinski definition) is 5. The van der Waals surface area contributed by atoms with Gasteiger partial charge in [0.05, 0.1) is 13.7 Å². The summed E-state index contributed by atoms with van der Waals surface area (Å²) in [5, 5.41) is 0.555. The highest BCUT2D eigenvalue weighted by Gasteiger charge is 2.43. The molecular weight excluding hydrogens is 334 g/mol. The van der Waals surface area contributed by atoms with Crippen molar-refractivity contribution in [2.24, 2.45) is 0 Å². The van der Waals surface area contributed by atoms with E-state index >= 15 is 0 Å². The Hall–Kier alpha value is -1.95. The molecule has 0 aromatic heterocycles. The van der Waals surface area contributed by atoms with Gasteiger partial charge in [-0.3, -0.25) is 4.90 Å². The molecule has 1 aliphatic heterocycles. The summed E-state index contributed by atoms with van der Waals surface area (Å²) in [5.41, 5.74) is -0.649. The van der Waals surface area contributed by atoms with Crippen molar-refractivity contribution in [3.05, 3.63) is 29.3 Å². The topological polar surface area (TPSA) is 65.1 Å². The maximum atomic E-state index is 12.4. The van der Waals surface area contributed by atoms with E-state index in [4.69, 9.17) is 25.8 Å². The van der Waals surface area contributed by atoms with Crippen LogP contribution in [-0.4, -0.2) is 48.4 Å². The minimum Gasteiger partial charge on any atom is -0.488 e. The minimum atomic E-state index is -0.728. The van der Waals surface area contributed by atoms with Crippen LogP contribution in [0.5, 0.6) is 5.75 Å². The molecule has 0 aliphatic carbocycles. The molecule has 0 radical (unpaired) electrons. The summed E-state index contributed by atoms with van der Waals surface area (Å²) in [5.74, 6) is 0.0974. The van der Waals surface area contributed by atoms with Crippen LogP contribution in [0.2, 0.25) is 5.02 Å². The molecule has 1 aromatic rings. The number of likely N-dealkylation sites (tertiary alicyclic amines) is 1. The molecule has 1 heterocycles. The van der Waals surface area contributed by atoms with E-state index < -0.39 is 23.7 Å². The third-order valence-electron chi connectivity index (χ3n) is 3.46. The van der Waals surface area contributed by atoms with E-state index in [1.807, 2.05) is 0 Å². The second-order valence-electron chi connectivity index (χ2n) is 6.60. The Morgan fingerprint density at radius 3 is 2.58 bits per heavy atom. The van der Waals surface area contributed by atoms with Gasteiger partial charge < -0.3 is 14.2 Å². The highest BCUT2D eigenvalue weighted by atomic mass is 35.5. The number of nitrogens with zero attached hydrogens (tertiary/aromatic N) is 1. The molecule has 1 aromatic carbocycles. The highest BCUT2D eigenvalue weighted by molar-refractivity contribution is 6.30. The monoisotopic (exact) mass is 355 g/mol. The van der Waals surface area contributed by atoms with Crippen LogP contribution < -0.4 is 4.74 Å². The maximum absolute atomic E-state index is 12.4. The van der Waals surface area contributed by atoms with Crippen LogP contribution >= 0.6 is 11.6 Å². The zero-order valence-electron chi connectivity index (χ0n) is 14.2. The zero-order valence-corrected chi connectivity index (χ0v) is 15.0. The van der Waals surface area contributed by atoms with Crippen molar-refractivity contribution in [2.75, 3.05) is 13.7 Å². The molecule has 1 amide bonds. The van der Waals surface area contributed by atoms with Gasteiger partial charge in [-0.1, -0.05) is 17.7 Å². The number of benzene rings is 1. The fraction of sp³-hybridized carbons (Fsp3) is 0.529. The summed E-state index contributed by atoms with van der Waals surface area (Å²) >= 11 is 5.94. The smallest absolute Gasteiger partial charge is 0.411 e. The molecular formula is C17H22ClNO5. The zero-order chi connectivity index (χ0) is 17.9. The number of amides is 1. The summed E-state index contributed by atoms with van der Waals surface area (Å²) < 4.78 is 16.0. The maximum Gasteiger partial charge on any atom is 0.411 e. The Bertz CT molecular complexity index is 613. The van der Waals surface area contributed by atoms with Crippen molar-refractivity contribution in [1.29, 1.82) is 0 Å². The number of methoxy groups -OCH3 is 1. The van der Waals surface area contributed by atoms with Gasteiger partial charge in [-0.05, 0) is 39.0 Å². The lowest BCUT2D eigenvalue weighted by Crippen LogP contribution is -2.44. The molecule has 0 bridgehead atoms. The van der Waals surface area contributed by atoms with Crippen LogP contribution in [0.1, 0.15) is 27.2 Å². The Kier molecular flexibility index (Phi) is 5.59. The molecule has 2 rings (SSSR count). The van der Waals surface area contributed by atoms with Crippen molar-refractivity contribution >= 4 is 23.7 Å². The Labute approximate surface area is 146 Å². The summed E-state index contributed by atoms with van der Waals surface area (Å²) in [6.07, 6.45) is -0.575. The Morgan fingerprint density at radius 1 is 1.29 bits per heavy atom. The molecule has 0 N–H and O–H groups in total. The Balaban J connectivity index is 2.11. The first kappa shape index (κ1) is 18.4. The normalized spacial score (nSPS) is 20.6. The number of carbonyl (C=O) groups is 2.